The molecule has 38 heavy (non-hydrogen) atoms. The molecular formula is C28H38N4O4S2. The van der Waals surface area contributed by atoms with E-state index in [-0.39, 0.29) is 21.5 Å². The summed E-state index contributed by atoms with van der Waals surface area (Å²) in [5.41, 5.74) is 3.13. The zero-order valence-corrected chi connectivity index (χ0v) is 24.0. The highest BCUT2D eigenvalue weighted by atomic mass is 32.1. The van der Waals surface area contributed by atoms with E-state index in [0.29, 0.717) is 22.8 Å². The predicted molar refractivity (Wildman–Crippen MR) is 165 cm³/mol. The molecule has 0 aliphatic carbocycles. The monoisotopic (exact) mass is 558 g/mol. The van der Waals surface area contributed by atoms with E-state index in [1.807, 2.05) is 0 Å². The SMILES string of the molecule is CCCCCCCCC(=S)Nn1c(=O)c2cc3c(=O)n(NC(=S)CCCCCCCC)c(=O)c3cc2c1=O. The molecule has 8 nitrogen and oxygen atoms in total. The van der Waals surface area contributed by atoms with E-state index >= 15 is 0 Å². The molecule has 10 heteroatoms. The van der Waals surface area contributed by atoms with Crippen LogP contribution in [0.4, 0.5) is 0 Å². The Morgan fingerprint density at radius 3 is 1.16 bits per heavy atom. The Labute approximate surface area is 233 Å². The molecule has 0 saturated carbocycles. The Balaban J connectivity index is 1.73. The van der Waals surface area contributed by atoms with Crippen molar-refractivity contribution in [3.63, 3.8) is 0 Å². The first kappa shape index (κ1) is 29.8. The van der Waals surface area contributed by atoms with E-state index < -0.39 is 22.2 Å². The zero-order valence-electron chi connectivity index (χ0n) is 22.4. The largest absolute Gasteiger partial charge is 0.282 e. The molecule has 3 aromatic rings. The van der Waals surface area contributed by atoms with Crippen molar-refractivity contribution in [3.05, 3.63) is 53.5 Å². The van der Waals surface area contributed by atoms with Gasteiger partial charge in [0.1, 0.15) is 0 Å². The third-order valence-corrected chi connectivity index (χ3v) is 7.47. The Kier molecular flexibility index (Phi) is 11.3. The Bertz CT molecular complexity index is 1290. The molecule has 0 unspecified atom stereocenters. The van der Waals surface area contributed by atoms with Gasteiger partial charge in [-0.05, 0) is 37.8 Å². The predicted octanol–water partition coefficient (Wildman–Crippen LogP) is 5.16. The second kappa shape index (κ2) is 14.4. The number of aromatic nitrogens is 2. The zero-order chi connectivity index (χ0) is 27.7. The average molecular weight is 559 g/mol. The van der Waals surface area contributed by atoms with Crippen molar-refractivity contribution in [3.8, 4) is 0 Å². The summed E-state index contributed by atoms with van der Waals surface area (Å²) in [4.78, 5) is 52.8. The van der Waals surface area contributed by atoms with Gasteiger partial charge in [-0.3, -0.25) is 30.0 Å². The highest BCUT2D eigenvalue weighted by Crippen LogP contribution is 2.14. The maximum absolute atomic E-state index is 13.0. The highest BCUT2D eigenvalue weighted by molar-refractivity contribution is 7.80. The maximum Gasteiger partial charge on any atom is 0.280 e. The lowest BCUT2D eigenvalue weighted by Crippen LogP contribution is -2.37. The van der Waals surface area contributed by atoms with Gasteiger partial charge in [0, 0.05) is 0 Å². The van der Waals surface area contributed by atoms with Crippen LogP contribution in [-0.4, -0.2) is 19.3 Å². The third kappa shape index (κ3) is 7.22. The Morgan fingerprint density at radius 2 is 0.842 bits per heavy atom. The van der Waals surface area contributed by atoms with E-state index in [2.05, 4.69) is 24.7 Å². The topological polar surface area (TPSA) is 102 Å². The van der Waals surface area contributed by atoms with Gasteiger partial charge in [-0.2, -0.15) is 9.35 Å². The van der Waals surface area contributed by atoms with Crippen LogP contribution in [0.1, 0.15) is 104 Å². The molecule has 0 radical (unpaired) electrons. The summed E-state index contributed by atoms with van der Waals surface area (Å²) >= 11 is 10.7. The average Bonchev–Trinajstić information content (AvgIpc) is 3.27. The van der Waals surface area contributed by atoms with Gasteiger partial charge in [0.05, 0.1) is 31.5 Å². The molecule has 0 atom stereocenters. The number of hydrogen-bond acceptors (Lipinski definition) is 6. The number of thiocarbonyl (C=S) groups is 2. The first-order chi connectivity index (χ1) is 18.3. The van der Waals surface area contributed by atoms with Crippen molar-refractivity contribution in [2.45, 2.75) is 104 Å². The molecule has 0 saturated heterocycles. The van der Waals surface area contributed by atoms with E-state index in [9.17, 15) is 19.2 Å². The standard InChI is InChI=1S/C28H38N4O4S2/c1-3-5-7-9-11-13-15-23(37)29-31-25(33)19-17-21-22(18-20(19)26(31)34)28(36)32(27(21)35)30-24(38)16-14-12-10-8-6-4-2/h17-18H,3-16H2,1-2H3,(H,29,37)(H,30,38). The van der Waals surface area contributed by atoms with Crippen molar-refractivity contribution < 1.29 is 0 Å². The van der Waals surface area contributed by atoms with Gasteiger partial charge >= 0.3 is 0 Å². The fraction of sp³-hybridized carbons (Fsp3) is 0.571. The molecule has 0 fully saturated rings. The van der Waals surface area contributed by atoms with Crippen LogP contribution in [0.3, 0.4) is 0 Å². The third-order valence-electron chi connectivity index (χ3n) is 6.88. The second-order valence-electron chi connectivity index (χ2n) is 9.94. The highest BCUT2D eigenvalue weighted by Gasteiger charge is 2.20. The van der Waals surface area contributed by atoms with Crippen LogP contribution >= 0.6 is 24.4 Å². The van der Waals surface area contributed by atoms with Crippen LogP contribution in [0.15, 0.2) is 31.3 Å². The quantitative estimate of drug-likeness (QED) is 0.184. The van der Waals surface area contributed by atoms with E-state index in [4.69, 9.17) is 24.4 Å². The van der Waals surface area contributed by atoms with Gasteiger partial charge in [-0.15, -0.1) is 0 Å². The van der Waals surface area contributed by atoms with Crippen LogP contribution in [0.25, 0.3) is 21.5 Å². The lowest BCUT2D eigenvalue weighted by molar-refractivity contribution is 0.615. The Hall–Kier alpha value is -2.72. The summed E-state index contributed by atoms with van der Waals surface area (Å²) in [6.45, 7) is 4.34. The number of hydrogen-bond donors (Lipinski definition) is 2. The molecule has 3 rings (SSSR count). The van der Waals surface area contributed by atoms with Crippen molar-refractivity contribution in [1.82, 2.24) is 9.35 Å². The van der Waals surface area contributed by atoms with Gasteiger partial charge < -0.3 is 0 Å². The number of benzene rings is 1. The Morgan fingerprint density at radius 1 is 0.553 bits per heavy atom. The van der Waals surface area contributed by atoms with Crippen molar-refractivity contribution in [2.24, 2.45) is 0 Å². The van der Waals surface area contributed by atoms with Crippen LogP contribution in [-0.2, 0) is 0 Å². The summed E-state index contributed by atoms with van der Waals surface area (Å²) in [7, 11) is 0. The smallest absolute Gasteiger partial charge is 0.280 e. The minimum atomic E-state index is -0.594. The molecule has 2 N–H and O–H groups in total. The van der Waals surface area contributed by atoms with Crippen LogP contribution in [0.2, 0.25) is 0 Å². The summed E-state index contributed by atoms with van der Waals surface area (Å²) in [5, 5.41) is 0.282. The molecule has 0 bridgehead atoms. The fourth-order valence-corrected chi connectivity index (χ4v) is 5.14. The van der Waals surface area contributed by atoms with Crippen molar-refractivity contribution in [1.29, 1.82) is 0 Å². The molecule has 0 spiro atoms. The molecule has 206 valence electrons. The van der Waals surface area contributed by atoms with E-state index in [0.717, 1.165) is 47.9 Å². The normalized spacial score (nSPS) is 11.4. The number of nitrogens with one attached hydrogen (secondary N) is 2. The summed E-state index contributed by atoms with van der Waals surface area (Å²) < 4.78 is 1.75. The van der Waals surface area contributed by atoms with Gasteiger partial charge in [-0.25, -0.2) is 0 Å². The first-order valence-corrected chi connectivity index (χ1v) is 14.7. The maximum atomic E-state index is 13.0. The van der Waals surface area contributed by atoms with Crippen molar-refractivity contribution in [2.75, 3.05) is 10.9 Å². The minimum Gasteiger partial charge on any atom is -0.282 e. The first-order valence-electron chi connectivity index (χ1n) is 13.8. The van der Waals surface area contributed by atoms with Crippen molar-refractivity contribution >= 4 is 56.0 Å². The molecule has 0 aliphatic heterocycles. The van der Waals surface area contributed by atoms with E-state index in [1.165, 1.54) is 50.7 Å². The van der Waals surface area contributed by atoms with Gasteiger partial charge in [0.25, 0.3) is 22.2 Å². The molecule has 2 aromatic heterocycles. The summed E-state index contributed by atoms with van der Waals surface area (Å²) in [5.74, 6) is 0. The molecular weight excluding hydrogens is 520 g/mol. The number of fused-ring (bicyclic) bond motifs is 2. The number of unbranched alkanes of at least 4 members (excludes halogenated alkanes) is 10. The van der Waals surface area contributed by atoms with Gasteiger partial charge in [-0.1, -0.05) is 102 Å². The second-order valence-corrected chi connectivity index (χ2v) is 10.9. The minimum absolute atomic E-state index is 0.0706. The molecule has 2 heterocycles. The summed E-state index contributed by atoms with van der Waals surface area (Å²) in [6.07, 6.45) is 14.4. The number of nitrogens with zero attached hydrogens (tertiary/aromatic N) is 2. The summed E-state index contributed by atoms with van der Waals surface area (Å²) in [6, 6.07) is 2.64. The van der Waals surface area contributed by atoms with Crippen LogP contribution < -0.4 is 33.1 Å². The van der Waals surface area contributed by atoms with E-state index in [1.54, 1.807) is 0 Å². The fourth-order valence-electron chi connectivity index (χ4n) is 4.67. The van der Waals surface area contributed by atoms with Crippen LogP contribution in [0.5, 0.6) is 0 Å². The number of rotatable bonds is 16. The molecule has 0 aliphatic rings. The van der Waals surface area contributed by atoms with Gasteiger partial charge in [0.15, 0.2) is 0 Å². The molecule has 1 aromatic carbocycles. The van der Waals surface area contributed by atoms with Gasteiger partial charge in [0.2, 0.25) is 0 Å². The van der Waals surface area contributed by atoms with Crippen LogP contribution in [0, 0.1) is 0 Å². The lowest BCUT2D eigenvalue weighted by atomic mass is 10.1. The lowest BCUT2D eigenvalue weighted by Gasteiger charge is -2.07. The molecule has 0 amide bonds.